The Morgan fingerprint density at radius 3 is 2.06 bits per heavy atom. The molecule has 0 heterocycles. The van der Waals surface area contributed by atoms with Gasteiger partial charge in [-0.2, -0.15) is 13.2 Å². The van der Waals surface area contributed by atoms with E-state index in [1.54, 1.807) is 7.05 Å². The molecular weight excluding hydrogens is 237 g/mol. The summed E-state index contributed by atoms with van der Waals surface area (Å²) in [5, 5.41) is 12.1. The van der Waals surface area contributed by atoms with E-state index < -0.39 is 23.2 Å². The molecule has 1 rings (SSSR count). The molecule has 0 aliphatic rings. The maximum absolute atomic E-state index is 12.7. The van der Waals surface area contributed by atoms with Crippen LogP contribution in [0.2, 0.25) is 0 Å². The molecule has 0 saturated heterocycles. The number of anilines is 1. The predicted molar refractivity (Wildman–Crippen MR) is 55.1 cm³/mol. The Morgan fingerprint density at radius 1 is 1.29 bits per heavy atom. The quantitative estimate of drug-likeness (QED) is 0.745. The van der Waals surface area contributed by atoms with Gasteiger partial charge in [0.05, 0.1) is 0 Å². The lowest BCUT2D eigenvalue weighted by Gasteiger charge is -2.27. The number of aliphatic hydroxyl groups is 1. The highest BCUT2D eigenvalue weighted by atomic mass is 19.4. The predicted octanol–water partition coefficient (Wildman–Crippen LogP) is 0.963. The lowest BCUT2D eigenvalue weighted by molar-refractivity contribution is -0.255. The number of primary amides is 1. The van der Waals surface area contributed by atoms with E-state index in [1.807, 2.05) is 0 Å². The van der Waals surface area contributed by atoms with E-state index in [-0.39, 0.29) is 0 Å². The van der Waals surface area contributed by atoms with Crippen molar-refractivity contribution in [3.63, 3.8) is 0 Å². The first-order valence-corrected chi connectivity index (χ1v) is 4.60. The van der Waals surface area contributed by atoms with Crippen LogP contribution in [0.25, 0.3) is 0 Å². The molecule has 0 fully saturated rings. The van der Waals surface area contributed by atoms with Gasteiger partial charge in [0, 0.05) is 18.3 Å². The Labute approximate surface area is 95.2 Å². The molecule has 17 heavy (non-hydrogen) atoms. The number of benzene rings is 1. The van der Waals surface area contributed by atoms with Gasteiger partial charge in [-0.05, 0) is 12.1 Å². The van der Waals surface area contributed by atoms with Gasteiger partial charge in [-0.1, -0.05) is 12.1 Å². The largest absolute Gasteiger partial charge is 0.430 e. The summed E-state index contributed by atoms with van der Waals surface area (Å²) in [7, 11) is 1.58. The molecule has 0 radical (unpaired) electrons. The van der Waals surface area contributed by atoms with Gasteiger partial charge in [-0.3, -0.25) is 4.79 Å². The number of hydrogen-bond acceptors (Lipinski definition) is 3. The van der Waals surface area contributed by atoms with Crippen molar-refractivity contribution in [2.24, 2.45) is 5.73 Å². The normalized spacial score (nSPS) is 15.1. The number of nitrogens with one attached hydrogen (secondary N) is 1. The van der Waals surface area contributed by atoms with Gasteiger partial charge in [-0.15, -0.1) is 0 Å². The summed E-state index contributed by atoms with van der Waals surface area (Å²) in [6, 6.07) is 4.58. The lowest BCUT2D eigenvalue weighted by atomic mass is 9.92. The van der Waals surface area contributed by atoms with E-state index in [0.717, 1.165) is 12.1 Å². The minimum absolute atomic E-state index is 0.544. The van der Waals surface area contributed by atoms with Crippen LogP contribution in [-0.2, 0) is 10.4 Å². The van der Waals surface area contributed by atoms with Crippen LogP contribution in [0.3, 0.4) is 0 Å². The number of carbonyl (C=O) groups excluding carboxylic acids is 1. The zero-order valence-electron chi connectivity index (χ0n) is 8.88. The van der Waals surface area contributed by atoms with Gasteiger partial charge in [0.25, 0.3) is 11.5 Å². The third kappa shape index (κ3) is 2.19. The lowest BCUT2D eigenvalue weighted by Crippen LogP contribution is -2.52. The number of hydrogen-bond donors (Lipinski definition) is 3. The van der Waals surface area contributed by atoms with Crippen LogP contribution in [0.15, 0.2) is 24.3 Å². The van der Waals surface area contributed by atoms with Crippen LogP contribution in [0, 0.1) is 0 Å². The van der Waals surface area contributed by atoms with Crippen LogP contribution in [0.5, 0.6) is 0 Å². The maximum atomic E-state index is 12.7. The second-order valence-corrected chi connectivity index (χ2v) is 3.40. The Kier molecular flexibility index (Phi) is 3.33. The monoisotopic (exact) mass is 248 g/mol. The number of amides is 1. The molecule has 94 valence electrons. The Morgan fingerprint density at radius 2 is 1.76 bits per heavy atom. The Bertz CT molecular complexity index is 417. The standard InChI is InChI=1S/C10H11F3N2O2/c1-15-7-4-2-6(3-5-7)9(17,8(14)16)10(11,12)13/h2-5,15,17H,1H3,(H2,14,16). The van der Waals surface area contributed by atoms with Gasteiger partial charge in [-0.25, -0.2) is 0 Å². The molecule has 1 aromatic carbocycles. The van der Waals surface area contributed by atoms with Crippen molar-refractivity contribution < 1.29 is 23.1 Å². The molecule has 1 unspecified atom stereocenters. The Balaban J connectivity index is 3.29. The first-order chi connectivity index (χ1) is 7.73. The molecule has 0 aromatic heterocycles. The van der Waals surface area contributed by atoms with Crippen molar-refractivity contribution in [2.45, 2.75) is 11.8 Å². The highest BCUT2D eigenvalue weighted by Crippen LogP contribution is 2.38. The zero-order valence-corrected chi connectivity index (χ0v) is 8.88. The molecule has 4 N–H and O–H groups in total. The average molecular weight is 248 g/mol. The third-order valence-corrected chi connectivity index (χ3v) is 2.36. The molecule has 0 saturated carbocycles. The highest BCUT2D eigenvalue weighted by molar-refractivity contribution is 5.85. The van der Waals surface area contributed by atoms with E-state index in [2.05, 4.69) is 11.1 Å². The fraction of sp³-hybridized carbons (Fsp3) is 0.300. The topological polar surface area (TPSA) is 75.3 Å². The van der Waals surface area contributed by atoms with Gasteiger partial charge in [0.15, 0.2) is 0 Å². The van der Waals surface area contributed by atoms with Gasteiger partial charge in [0.2, 0.25) is 0 Å². The molecule has 1 aromatic rings. The molecule has 0 aliphatic carbocycles. The number of nitrogens with two attached hydrogens (primary N) is 1. The van der Waals surface area contributed by atoms with Crippen molar-refractivity contribution in [1.29, 1.82) is 0 Å². The molecular formula is C10H11F3N2O2. The molecule has 1 amide bonds. The minimum atomic E-state index is -5.17. The van der Waals surface area contributed by atoms with Crippen molar-refractivity contribution in [1.82, 2.24) is 0 Å². The van der Waals surface area contributed by atoms with Crippen LogP contribution in [0.1, 0.15) is 5.56 Å². The van der Waals surface area contributed by atoms with E-state index in [0.29, 0.717) is 5.69 Å². The summed E-state index contributed by atoms with van der Waals surface area (Å²) < 4.78 is 38.0. The number of halogens is 3. The summed E-state index contributed by atoms with van der Waals surface area (Å²) in [5.74, 6) is -1.86. The fourth-order valence-electron chi connectivity index (χ4n) is 1.32. The van der Waals surface area contributed by atoms with Crippen LogP contribution >= 0.6 is 0 Å². The van der Waals surface area contributed by atoms with Crippen molar-refractivity contribution in [3.05, 3.63) is 29.8 Å². The van der Waals surface area contributed by atoms with Gasteiger partial charge < -0.3 is 16.2 Å². The highest BCUT2D eigenvalue weighted by Gasteiger charge is 2.59. The summed E-state index contributed by atoms with van der Waals surface area (Å²) in [6.45, 7) is 0. The van der Waals surface area contributed by atoms with Crippen molar-refractivity contribution >= 4 is 11.6 Å². The molecule has 1 atom stereocenters. The maximum Gasteiger partial charge on any atom is 0.430 e. The van der Waals surface area contributed by atoms with Crippen LogP contribution in [0.4, 0.5) is 18.9 Å². The van der Waals surface area contributed by atoms with Gasteiger partial charge >= 0.3 is 6.18 Å². The fourth-order valence-corrected chi connectivity index (χ4v) is 1.32. The van der Waals surface area contributed by atoms with E-state index >= 15 is 0 Å². The smallest absolute Gasteiger partial charge is 0.388 e. The zero-order chi connectivity index (χ0) is 13.3. The number of alkyl halides is 3. The number of carbonyl (C=O) groups is 1. The second kappa shape index (κ2) is 4.25. The summed E-state index contributed by atoms with van der Waals surface area (Å²) in [4.78, 5) is 10.9. The van der Waals surface area contributed by atoms with Crippen molar-refractivity contribution in [2.75, 3.05) is 12.4 Å². The van der Waals surface area contributed by atoms with Crippen molar-refractivity contribution in [3.8, 4) is 0 Å². The van der Waals surface area contributed by atoms with Crippen LogP contribution < -0.4 is 11.1 Å². The third-order valence-electron chi connectivity index (χ3n) is 2.36. The molecule has 0 aliphatic heterocycles. The van der Waals surface area contributed by atoms with E-state index in [1.165, 1.54) is 12.1 Å². The van der Waals surface area contributed by atoms with Gasteiger partial charge in [0.1, 0.15) is 0 Å². The first kappa shape index (κ1) is 13.3. The summed E-state index contributed by atoms with van der Waals surface area (Å²) in [6.07, 6.45) is -5.17. The molecule has 0 spiro atoms. The molecule has 0 bridgehead atoms. The second-order valence-electron chi connectivity index (χ2n) is 3.40. The minimum Gasteiger partial charge on any atom is -0.388 e. The van der Waals surface area contributed by atoms with E-state index in [4.69, 9.17) is 0 Å². The van der Waals surface area contributed by atoms with E-state index in [9.17, 15) is 23.1 Å². The average Bonchev–Trinajstić information content (AvgIpc) is 2.26. The SMILES string of the molecule is CNc1ccc(C(O)(C(N)=O)C(F)(F)F)cc1. The molecule has 4 nitrogen and oxygen atoms in total. The number of rotatable bonds is 3. The molecule has 7 heteroatoms. The Hall–Kier alpha value is -1.76. The first-order valence-electron chi connectivity index (χ1n) is 4.60. The summed E-state index contributed by atoms with van der Waals surface area (Å²) >= 11 is 0. The summed E-state index contributed by atoms with van der Waals surface area (Å²) in [5.41, 5.74) is 0.898. The van der Waals surface area contributed by atoms with Crippen LogP contribution in [-0.4, -0.2) is 24.2 Å².